The SMILES string of the molecule is N#CC1=C(N)OC2=C(CCCC2=Cc2ccccc2)C1c1cccc([N+](=O)[O-])c1. The van der Waals surface area contributed by atoms with E-state index in [1.54, 1.807) is 12.1 Å². The fourth-order valence-electron chi connectivity index (χ4n) is 3.98. The van der Waals surface area contributed by atoms with Crippen molar-refractivity contribution in [3.63, 3.8) is 0 Å². The molecule has 6 heteroatoms. The van der Waals surface area contributed by atoms with Gasteiger partial charge in [0.15, 0.2) is 0 Å². The van der Waals surface area contributed by atoms with Crippen LogP contribution < -0.4 is 5.73 Å². The third-order valence-corrected chi connectivity index (χ3v) is 5.27. The number of nitrogens with zero attached hydrogens (tertiary/aromatic N) is 2. The Morgan fingerprint density at radius 2 is 1.97 bits per heavy atom. The van der Waals surface area contributed by atoms with E-state index in [1.165, 1.54) is 12.1 Å². The molecule has 0 amide bonds. The zero-order chi connectivity index (χ0) is 20.4. The minimum Gasteiger partial charge on any atom is -0.440 e. The summed E-state index contributed by atoms with van der Waals surface area (Å²) in [7, 11) is 0. The van der Waals surface area contributed by atoms with E-state index in [0.717, 1.165) is 36.0 Å². The van der Waals surface area contributed by atoms with Crippen LogP contribution in [0.1, 0.15) is 36.3 Å². The van der Waals surface area contributed by atoms with Crippen LogP contribution in [0.5, 0.6) is 0 Å². The summed E-state index contributed by atoms with van der Waals surface area (Å²) >= 11 is 0. The molecule has 4 rings (SSSR count). The van der Waals surface area contributed by atoms with E-state index >= 15 is 0 Å². The molecule has 0 saturated carbocycles. The van der Waals surface area contributed by atoms with E-state index < -0.39 is 10.8 Å². The van der Waals surface area contributed by atoms with Gasteiger partial charge in [0.1, 0.15) is 17.4 Å². The molecule has 2 aliphatic rings. The van der Waals surface area contributed by atoms with Crippen molar-refractivity contribution < 1.29 is 9.66 Å². The molecule has 1 unspecified atom stereocenters. The number of allylic oxidation sites excluding steroid dienone is 3. The topological polar surface area (TPSA) is 102 Å². The van der Waals surface area contributed by atoms with E-state index in [2.05, 4.69) is 12.1 Å². The molecule has 2 aromatic rings. The molecule has 1 aliphatic heterocycles. The number of hydrogen-bond acceptors (Lipinski definition) is 5. The van der Waals surface area contributed by atoms with Gasteiger partial charge >= 0.3 is 0 Å². The molecule has 2 aromatic carbocycles. The summed E-state index contributed by atoms with van der Waals surface area (Å²) in [6.45, 7) is 0. The standard InChI is InChI=1S/C23H19N3O3/c24-14-20-21(16-8-4-10-18(13-16)26(27)28)19-11-5-9-17(22(19)29-23(20)25)12-15-6-2-1-3-7-15/h1-4,6-8,10,12-13,21H,5,9,11,25H2. The molecule has 144 valence electrons. The molecule has 0 fully saturated rings. The fraction of sp³-hybridized carbons (Fsp3) is 0.174. The Hall–Kier alpha value is -3.85. The van der Waals surface area contributed by atoms with Gasteiger partial charge in [0.25, 0.3) is 5.69 Å². The van der Waals surface area contributed by atoms with Crippen LogP contribution in [0.4, 0.5) is 5.69 Å². The summed E-state index contributed by atoms with van der Waals surface area (Å²) < 4.78 is 5.92. The molecule has 1 aliphatic carbocycles. The van der Waals surface area contributed by atoms with Crippen molar-refractivity contribution in [2.24, 2.45) is 5.73 Å². The highest BCUT2D eigenvalue weighted by Crippen LogP contribution is 2.47. The average Bonchev–Trinajstić information content (AvgIpc) is 2.74. The number of nitro groups is 1. The van der Waals surface area contributed by atoms with Crippen LogP contribution >= 0.6 is 0 Å². The fourth-order valence-corrected chi connectivity index (χ4v) is 3.98. The second-order valence-corrected chi connectivity index (χ2v) is 7.07. The molecule has 0 bridgehead atoms. The maximum absolute atomic E-state index is 11.2. The van der Waals surface area contributed by atoms with Crippen LogP contribution in [0.15, 0.2) is 83.0 Å². The molecule has 29 heavy (non-hydrogen) atoms. The summed E-state index contributed by atoms with van der Waals surface area (Å²) in [5.74, 6) is 0.305. The molecule has 0 spiro atoms. The Kier molecular flexibility index (Phi) is 4.88. The Morgan fingerprint density at radius 3 is 2.69 bits per heavy atom. The van der Waals surface area contributed by atoms with Crippen LogP contribution in [0.25, 0.3) is 6.08 Å². The van der Waals surface area contributed by atoms with E-state index in [9.17, 15) is 15.4 Å². The number of rotatable bonds is 3. The minimum atomic E-state index is -0.442. The zero-order valence-electron chi connectivity index (χ0n) is 15.7. The lowest BCUT2D eigenvalue weighted by atomic mass is 9.77. The van der Waals surface area contributed by atoms with Crippen molar-refractivity contribution in [3.05, 3.63) is 104 Å². The summed E-state index contributed by atoms with van der Waals surface area (Å²) in [6.07, 6.45) is 4.56. The smallest absolute Gasteiger partial charge is 0.269 e. The van der Waals surface area contributed by atoms with Gasteiger partial charge in [-0.2, -0.15) is 5.26 Å². The highest BCUT2D eigenvalue weighted by Gasteiger charge is 2.36. The predicted molar refractivity (Wildman–Crippen MR) is 109 cm³/mol. The lowest BCUT2D eigenvalue weighted by Gasteiger charge is -2.33. The monoisotopic (exact) mass is 385 g/mol. The summed E-state index contributed by atoms with van der Waals surface area (Å²) in [4.78, 5) is 10.8. The molecular formula is C23H19N3O3. The van der Waals surface area contributed by atoms with E-state index in [1.807, 2.05) is 30.3 Å². The van der Waals surface area contributed by atoms with E-state index in [4.69, 9.17) is 10.5 Å². The first-order chi connectivity index (χ1) is 14.1. The number of hydrogen-bond donors (Lipinski definition) is 1. The van der Waals surface area contributed by atoms with Gasteiger partial charge in [0, 0.05) is 18.1 Å². The number of nitro benzene ring substituents is 1. The van der Waals surface area contributed by atoms with E-state index in [-0.39, 0.29) is 11.6 Å². The second-order valence-electron chi connectivity index (χ2n) is 7.07. The van der Waals surface area contributed by atoms with Crippen molar-refractivity contribution in [1.29, 1.82) is 5.26 Å². The van der Waals surface area contributed by atoms with Crippen molar-refractivity contribution >= 4 is 11.8 Å². The van der Waals surface area contributed by atoms with Crippen molar-refractivity contribution in [1.82, 2.24) is 0 Å². The predicted octanol–water partition coefficient (Wildman–Crippen LogP) is 4.92. The number of nitrogens with two attached hydrogens (primary N) is 1. The minimum absolute atomic E-state index is 0.0112. The molecule has 6 nitrogen and oxygen atoms in total. The van der Waals surface area contributed by atoms with Gasteiger partial charge in [0.05, 0.1) is 4.92 Å². The third-order valence-electron chi connectivity index (χ3n) is 5.27. The van der Waals surface area contributed by atoms with Gasteiger partial charge in [-0.1, -0.05) is 42.5 Å². The summed E-state index contributed by atoms with van der Waals surface area (Å²) in [5, 5.41) is 21.0. The van der Waals surface area contributed by atoms with Gasteiger partial charge in [-0.15, -0.1) is 0 Å². The lowest BCUT2D eigenvalue weighted by Crippen LogP contribution is -2.23. The largest absolute Gasteiger partial charge is 0.440 e. The van der Waals surface area contributed by atoms with Crippen molar-refractivity contribution in [2.45, 2.75) is 25.2 Å². The quantitative estimate of drug-likeness (QED) is 0.596. The Labute approximate surface area is 168 Å². The molecule has 0 saturated heterocycles. The van der Waals surface area contributed by atoms with Gasteiger partial charge in [0.2, 0.25) is 5.88 Å². The van der Waals surface area contributed by atoms with Crippen LogP contribution in [0.2, 0.25) is 0 Å². The summed E-state index contributed by atoms with van der Waals surface area (Å²) in [5.41, 5.74) is 10.1. The van der Waals surface area contributed by atoms with Crippen LogP contribution in [-0.4, -0.2) is 4.92 Å². The molecular weight excluding hydrogens is 366 g/mol. The molecule has 2 N–H and O–H groups in total. The molecule has 1 heterocycles. The Bertz CT molecular complexity index is 1110. The van der Waals surface area contributed by atoms with Gasteiger partial charge in [-0.3, -0.25) is 10.1 Å². The van der Waals surface area contributed by atoms with Crippen LogP contribution in [0.3, 0.4) is 0 Å². The van der Waals surface area contributed by atoms with Crippen molar-refractivity contribution in [2.75, 3.05) is 0 Å². The number of benzene rings is 2. The van der Waals surface area contributed by atoms with Gasteiger partial charge in [-0.05, 0) is 47.6 Å². The number of ether oxygens (including phenoxy) is 1. The van der Waals surface area contributed by atoms with Gasteiger partial charge < -0.3 is 10.5 Å². The number of non-ortho nitro benzene ring substituents is 1. The second kappa shape index (κ2) is 7.64. The lowest BCUT2D eigenvalue weighted by molar-refractivity contribution is -0.384. The average molecular weight is 385 g/mol. The van der Waals surface area contributed by atoms with E-state index in [0.29, 0.717) is 16.9 Å². The maximum Gasteiger partial charge on any atom is 0.269 e. The third kappa shape index (κ3) is 3.50. The zero-order valence-corrected chi connectivity index (χ0v) is 15.7. The first-order valence-corrected chi connectivity index (χ1v) is 9.39. The highest BCUT2D eigenvalue weighted by atomic mass is 16.6. The Balaban J connectivity index is 1.85. The molecule has 0 aromatic heterocycles. The number of nitriles is 1. The van der Waals surface area contributed by atoms with Crippen molar-refractivity contribution in [3.8, 4) is 6.07 Å². The highest BCUT2D eigenvalue weighted by molar-refractivity contribution is 5.62. The molecule has 0 radical (unpaired) electrons. The summed E-state index contributed by atoms with van der Waals surface area (Å²) in [6, 6.07) is 18.5. The Morgan fingerprint density at radius 1 is 1.17 bits per heavy atom. The first kappa shape index (κ1) is 18.5. The normalized spacial score (nSPS) is 20.1. The van der Waals surface area contributed by atoms with Gasteiger partial charge in [-0.25, -0.2) is 0 Å². The van der Waals surface area contributed by atoms with Crippen LogP contribution in [0, 0.1) is 21.4 Å². The maximum atomic E-state index is 11.2. The van der Waals surface area contributed by atoms with Crippen LogP contribution in [-0.2, 0) is 4.74 Å². The first-order valence-electron chi connectivity index (χ1n) is 9.39. The molecule has 1 atom stereocenters.